The van der Waals surface area contributed by atoms with Crippen molar-refractivity contribution in [2.45, 2.75) is 33.1 Å². The molecule has 80 valence electrons. The maximum atomic E-state index is 2.31. The van der Waals surface area contributed by atoms with E-state index in [9.17, 15) is 0 Å². The summed E-state index contributed by atoms with van der Waals surface area (Å²) in [4.78, 5) is 0. The lowest BCUT2D eigenvalue weighted by Gasteiger charge is -2.21. The van der Waals surface area contributed by atoms with Crippen LogP contribution in [0.2, 0.25) is 0 Å². The number of rotatable bonds is 3. The van der Waals surface area contributed by atoms with Crippen LogP contribution in [0, 0.1) is 0 Å². The van der Waals surface area contributed by atoms with Gasteiger partial charge in [0.2, 0.25) is 0 Å². The van der Waals surface area contributed by atoms with Crippen molar-refractivity contribution in [3.63, 3.8) is 0 Å². The summed E-state index contributed by atoms with van der Waals surface area (Å²) in [7, 11) is 0. The summed E-state index contributed by atoms with van der Waals surface area (Å²) in [5.41, 5.74) is 2.77. The van der Waals surface area contributed by atoms with Gasteiger partial charge in [-0.05, 0) is 19.4 Å². The van der Waals surface area contributed by atoms with Crippen LogP contribution >= 0.6 is 0 Å². The van der Waals surface area contributed by atoms with Crippen LogP contribution in [-0.2, 0) is 5.41 Å². The second kappa shape index (κ2) is 4.97. The third kappa shape index (κ3) is 3.39. The molecule has 0 aliphatic heterocycles. The van der Waals surface area contributed by atoms with Crippen LogP contribution in [-0.4, -0.2) is 0 Å². The van der Waals surface area contributed by atoms with E-state index in [1.165, 1.54) is 11.1 Å². The summed E-state index contributed by atoms with van der Waals surface area (Å²) < 4.78 is 0. The van der Waals surface area contributed by atoms with Gasteiger partial charge in [0.15, 0.2) is 0 Å². The second-order valence-electron chi connectivity index (χ2n) is 4.48. The second-order valence-corrected chi connectivity index (χ2v) is 4.48. The SMILES string of the molecule is CC=CC(C)=CC(C)(C)c1ccccc1. The highest BCUT2D eigenvalue weighted by molar-refractivity contribution is 5.32. The Kier molecular flexibility index (Phi) is 3.90. The monoisotopic (exact) mass is 200 g/mol. The van der Waals surface area contributed by atoms with Crippen molar-refractivity contribution in [3.8, 4) is 0 Å². The Morgan fingerprint density at radius 3 is 2.27 bits per heavy atom. The molecule has 0 aliphatic rings. The highest BCUT2D eigenvalue weighted by atomic mass is 14.2. The maximum Gasteiger partial charge on any atom is 0.00810 e. The van der Waals surface area contributed by atoms with Gasteiger partial charge in [-0.3, -0.25) is 0 Å². The van der Waals surface area contributed by atoms with E-state index >= 15 is 0 Å². The van der Waals surface area contributed by atoms with Crippen molar-refractivity contribution in [1.82, 2.24) is 0 Å². The molecule has 0 unspecified atom stereocenters. The fraction of sp³-hybridized carbons (Fsp3) is 0.333. The average Bonchev–Trinajstić information content (AvgIpc) is 2.18. The first-order valence-corrected chi connectivity index (χ1v) is 5.44. The van der Waals surface area contributed by atoms with E-state index in [2.05, 4.69) is 69.3 Å². The molecule has 15 heavy (non-hydrogen) atoms. The highest BCUT2D eigenvalue weighted by Gasteiger charge is 2.16. The Morgan fingerprint density at radius 2 is 1.73 bits per heavy atom. The van der Waals surface area contributed by atoms with Crippen LogP contribution < -0.4 is 0 Å². The zero-order chi connectivity index (χ0) is 11.3. The molecule has 1 rings (SSSR count). The molecular weight excluding hydrogens is 180 g/mol. The van der Waals surface area contributed by atoms with Crippen molar-refractivity contribution in [2.75, 3.05) is 0 Å². The molecule has 0 heteroatoms. The molecule has 0 N–H and O–H groups in total. The predicted octanol–water partition coefficient (Wildman–Crippen LogP) is 4.49. The van der Waals surface area contributed by atoms with Crippen LogP contribution in [0.3, 0.4) is 0 Å². The van der Waals surface area contributed by atoms with E-state index < -0.39 is 0 Å². The molecule has 0 radical (unpaired) electrons. The van der Waals surface area contributed by atoms with Crippen LogP contribution in [0.15, 0.2) is 54.1 Å². The lowest BCUT2D eigenvalue weighted by molar-refractivity contribution is 0.666. The largest absolute Gasteiger partial charge is 0.0874 e. The van der Waals surface area contributed by atoms with Gasteiger partial charge in [0, 0.05) is 5.41 Å². The smallest absolute Gasteiger partial charge is 0.00810 e. The van der Waals surface area contributed by atoms with Gasteiger partial charge in [-0.15, -0.1) is 0 Å². The lowest BCUT2D eigenvalue weighted by atomic mass is 9.83. The number of allylic oxidation sites excluding steroid dienone is 4. The van der Waals surface area contributed by atoms with Gasteiger partial charge in [-0.1, -0.05) is 68.0 Å². The van der Waals surface area contributed by atoms with Gasteiger partial charge >= 0.3 is 0 Å². The summed E-state index contributed by atoms with van der Waals surface area (Å²) in [5.74, 6) is 0. The van der Waals surface area contributed by atoms with E-state index in [4.69, 9.17) is 0 Å². The molecule has 1 aromatic rings. The Morgan fingerprint density at radius 1 is 1.13 bits per heavy atom. The number of hydrogen-bond acceptors (Lipinski definition) is 0. The number of benzene rings is 1. The van der Waals surface area contributed by atoms with Crippen LogP contribution in [0.25, 0.3) is 0 Å². The molecule has 1 aromatic carbocycles. The quantitative estimate of drug-likeness (QED) is 0.631. The minimum absolute atomic E-state index is 0.102. The fourth-order valence-corrected chi connectivity index (χ4v) is 1.83. The van der Waals surface area contributed by atoms with Crippen LogP contribution in [0.4, 0.5) is 0 Å². The standard InChI is InChI=1S/C15H20/c1-5-9-13(2)12-15(3,4)14-10-7-6-8-11-14/h5-12H,1-4H3. The van der Waals surface area contributed by atoms with Gasteiger partial charge in [-0.25, -0.2) is 0 Å². The maximum absolute atomic E-state index is 2.31. The molecule has 0 spiro atoms. The van der Waals surface area contributed by atoms with Crippen molar-refractivity contribution in [2.24, 2.45) is 0 Å². The van der Waals surface area contributed by atoms with Crippen LogP contribution in [0.1, 0.15) is 33.3 Å². The molecule has 0 fully saturated rings. The Balaban J connectivity index is 2.98. The molecule has 0 atom stereocenters. The Labute approximate surface area is 93.3 Å². The van der Waals surface area contributed by atoms with Gasteiger partial charge in [-0.2, -0.15) is 0 Å². The Hall–Kier alpha value is -1.30. The van der Waals surface area contributed by atoms with E-state index in [-0.39, 0.29) is 5.41 Å². The molecule has 0 amide bonds. The molecular formula is C15H20. The number of hydrogen-bond donors (Lipinski definition) is 0. The van der Waals surface area contributed by atoms with E-state index in [0.29, 0.717) is 0 Å². The molecule has 0 bridgehead atoms. The highest BCUT2D eigenvalue weighted by Crippen LogP contribution is 2.25. The first kappa shape index (κ1) is 11.8. The lowest BCUT2D eigenvalue weighted by Crippen LogP contribution is -2.13. The first-order valence-electron chi connectivity index (χ1n) is 5.44. The Bertz CT molecular complexity index is 353. The van der Waals surface area contributed by atoms with Gasteiger partial charge in [0.05, 0.1) is 0 Å². The van der Waals surface area contributed by atoms with E-state index in [0.717, 1.165) is 0 Å². The summed E-state index contributed by atoms with van der Waals surface area (Å²) in [6.07, 6.45) is 6.53. The summed E-state index contributed by atoms with van der Waals surface area (Å²) in [6.45, 7) is 8.68. The minimum atomic E-state index is 0.102. The molecule has 0 nitrogen and oxygen atoms in total. The molecule has 0 saturated carbocycles. The molecule has 0 aliphatic carbocycles. The van der Waals surface area contributed by atoms with Gasteiger partial charge in [0.1, 0.15) is 0 Å². The average molecular weight is 200 g/mol. The van der Waals surface area contributed by atoms with Gasteiger partial charge in [0.25, 0.3) is 0 Å². The molecule has 0 heterocycles. The molecule has 0 aromatic heterocycles. The topological polar surface area (TPSA) is 0 Å². The van der Waals surface area contributed by atoms with Crippen molar-refractivity contribution in [1.29, 1.82) is 0 Å². The van der Waals surface area contributed by atoms with Crippen molar-refractivity contribution < 1.29 is 0 Å². The van der Waals surface area contributed by atoms with Gasteiger partial charge < -0.3 is 0 Å². The minimum Gasteiger partial charge on any atom is -0.0874 e. The normalized spacial score (nSPS) is 13.5. The van der Waals surface area contributed by atoms with Crippen LogP contribution in [0.5, 0.6) is 0 Å². The fourth-order valence-electron chi connectivity index (χ4n) is 1.83. The summed E-state index contributed by atoms with van der Waals surface area (Å²) >= 11 is 0. The van der Waals surface area contributed by atoms with Crippen molar-refractivity contribution >= 4 is 0 Å². The van der Waals surface area contributed by atoms with E-state index in [1.54, 1.807) is 0 Å². The third-order valence-corrected chi connectivity index (χ3v) is 2.54. The molecule has 0 saturated heterocycles. The summed E-state index contributed by atoms with van der Waals surface area (Å²) in [6, 6.07) is 10.6. The first-order chi connectivity index (χ1) is 7.06. The third-order valence-electron chi connectivity index (χ3n) is 2.54. The van der Waals surface area contributed by atoms with Crippen molar-refractivity contribution in [3.05, 3.63) is 59.7 Å². The zero-order valence-electron chi connectivity index (χ0n) is 10.1. The summed E-state index contributed by atoms with van der Waals surface area (Å²) in [5, 5.41) is 0. The van der Waals surface area contributed by atoms with E-state index in [1.807, 2.05) is 6.92 Å². The zero-order valence-corrected chi connectivity index (χ0v) is 10.1. The predicted molar refractivity (Wildman–Crippen MR) is 68.0 cm³/mol.